The number of nitrogens with zero attached hydrogens (tertiary/aromatic N) is 5. The SMILES string of the molecule is CN1CCN(c2ccnc(C(=O)Nn3ncc4cc(Cc5cc(F)cc(F)c5)ccc43)c2NC2CCCCO2)CC1. The number of rotatable bonds is 7. The minimum atomic E-state index is -0.606. The van der Waals surface area contributed by atoms with Crippen molar-refractivity contribution in [3.63, 3.8) is 0 Å². The van der Waals surface area contributed by atoms with Gasteiger partial charge in [0.1, 0.15) is 17.9 Å². The van der Waals surface area contributed by atoms with E-state index in [9.17, 15) is 13.6 Å². The zero-order valence-corrected chi connectivity index (χ0v) is 22.9. The van der Waals surface area contributed by atoms with Crippen molar-refractivity contribution in [1.29, 1.82) is 0 Å². The van der Waals surface area contributed by atoms with Crippen molar-refractivity contribution in [2.24, 2.45) is 0 Å². The number of piperazine rings is 1. The average Bonchev–Trinajstić information content (AvgIpc) is 3.35. The number of fused-ring (bicyclic) bond motifs is 1. The van der Waals surface area contributed by atoms with Crippen molar-refractivity contribution in [2.45, 2.75) is 31.9 Å². The number of benzene rings is 2. The van der Waals surface area contributed by atoms with Crippen molar-refractivity contribution in [3.8, 4) is 0 Å². The fourth-order valence-corrected chi connectivity index (χ4v) is 5.47. The van der Waals surface area contributed by atoms with E-state index in [2.05, 4.69) is 37.7 Å². The molecule has 2 saturated heterocycles. The quantitative estimate of drug-likeness (QED) is 0.347. The van der Waals surface area contributed by atoms with Gasteiger partial charge in [0.2, 0.25) is 0 Å². The third kappa shape index (κ3) is 6.15. The van der Waals surface area contributed by atoms with Gasteiger partial charge in [-0.3, -0.25) is 4.79 Å². The van der Waals surface area contributed by atoms with Crippen molar-refractivity contribution >= 4 is 28.2 Å². The Balaban J connectivity index is 1.25. The Labute approximate surface area is 237 Å². The Morgan fingerprint density at radius 2 is 1.83 bits per heavy atom. The van der Waals surface area contributed by atoms with E-state index in [0.29, 0.717) is 29.8 Å². The van der Waals surface area contributed by atoms with Gasteiger partial charge >= 0.3 is 0 Å². The van der Waals surface area contributed by atoms with Crippen LogP contribution in [0, 0.1) is 11.6 Å². The van der Waals surface area contributed by atoms with Crippen LogP contribution in [0.1, 0.15) is 40.9 Å². The maximum atomic E-state index is 13.7. The number of hydrogen-bond donors (Lipinski definition) is 2. The van der Waals surface area contributed by atoms with Gasteiger partial charge in [0.15, 0.2) is 5.69 Å². The number of anilines is 2. The smallest absolute Gasteiger partial charge is 0.292 e. The molecule has 6 rings (SSSR count). The second-order valence-electron chi connectivity index (χ2n) is 10.7. The van der Waals surface area contributed by atoms with Crippen LogP contribution in [0.25, 0.3) is 10.9 Å². The highest BCUT2D eigenvalue weighted by molar-refractivity contribution is 6.05. The lowest BCUT2D eigenvalue weighted by molar-refractivity contribution is 0.0343. The molecule has 41 heavy (non-hydrogen) atoms. The van der Waals surface area contributed by atoms with Crippen LogP contribution >= 0.6 is 0 Å². The van der Waals surface area contributed by atoms with Crippen LogP contribution in [0.15, 0.2) is 54.9 Å². The lowest BCUT2D eigenvalue weighted by Crippen LogP contribution is -2.45. The van der Waals surface area contributed by atoms with Gasteiger partial charge in [-0.05, 0) is 74.2 Å². The zero-order valence-electron chi connectivity index (χ0n) is 22.9. The summed E-state index contributed by atoms with van der Waals surface area (Å²) in [4.78, 5) is 24.1. The van der Waals surface area contributed by atoms with E-state index in [-0.39, 0.29) is 11.9 Å². The normalized spacial score (nSPS) is 18.0. The number of halogens is 2. The molecule has 0 radical (unpaired) electrons. The monoisotopic (exact) mass is 561 g/mol. The summed E-state index contributed by atoms with van der Waals surface area (Å²) >= 11 is 0. The summed E-state index contributed by atoms with van der Waals surface area (Å²) in [7, 11) is 2.11. The van der Waals surface area contributed by atoms with E-state index >= 15 is 0 Å². The molecule has 0 bridgehead atoms. The second-order valence-corrected chi connectivity index (χ2v) is 10.7. The van der Waals surface area contributed by atoms with E-state index < -0.39 is 17.5 Å². The zero-order chi connectivity index (χ0) is 28.3. The molecule has 0 saturated carbocycles. The fourth-order valence-electron chi connectivity index (χ4n) is 5.47. The van der Waals surface area contributed by atoms with Gasteiger partial charge in [-0.25, -0.2) is 19.2 Å². The standard InChI is InChI=1S/C30H33F2N7O2/c1-37-9-11-38(12-10-37)26-7-8-33-29(28(26)35-27-4-2-3-13-41-27)30(40)36-39-25-6-5-20(15-22(25)19-34-39)14-21-16-23(31)18-24(32)17-21/h5-8,15-19,27,35H,2-4,9-14H2,1H3,(H,36,40). The first-order valence-corrected chi connectivity index (χ1v) is 14.0. The highest BCUT2D eigenvalue weighted by Gasteiger charge is 2.26. The van der Waals surface area contributed by atoms with Crippen LogP contribution < -0.4 is 15.6 Å². The highest BCUT2D eigenvalue weighted by Crippen LogP contribution is 2.31. The molecule has 2 aromatic heterocycles. The summed E-state index contributed by atoms with van der Waals surface area (Å²) < 4.78 is 33.2. The molecular formula is C30H33F2N7O2. The van der Waals surface area contributed by atoms with Crippen molar-refractivity contribution in [1.82, 2.24) is 19.8 Å². The van der Waals surface area contributed by atoms with Gasteiger partial charge in [0.25, 0.3) is 5.91 Å². The summed E-state index contributed by atoms with van der Waals surface area (Å²) in [6, 6.07) is 11.0. The van der Waals surface area contributed by atoms with Crippen LogP contribution in [0.5, 0.6) is 0 Å². The molecule has 2 N–H and O–H groups in total. The number of nitrogens with one attached hydrogen (secondary N) is 2. The van der Waals surface area contributed by atoms with Crippen LogP contribution in [0.2, 0.25) is 0 Å². The molecular weight excluding hydrogens is 528 g/mol. The summed E-state index contributed by atoms with van der Waals surface area (Å²) in [5.41, 5.74) is 6.82. The number of carbonyl (C=O) groups excluding carboxylic acids is 1. The minimum absolute atomic E-state index is 0.193. The lowest BCUT2D eigenvalue weighted by atomic mass is 10.0. The Bertz CT molecular complexity index is 1530. The number of hydrogen-bond acceptors (Lipinski definition) is 7. The Morgan fingerprint density at radius 1 is 1.02 bits per heavy atom. The minimum Gasteiger partial charge on any atom is -0.367 e. The van der Waals surface area contributed by atoms with Gasteiger partial charge in [0, 0.05) is 50.4 Å². The molecule has 11 heteroatoms. The molecule has 2 aliphatic heterocycles. The largest absolute Gasteiger partial charge is 0.367 e. The van der Waals surface area contributed by atoms with E-state index in [1.165, 1.54) is 16.9 Å². The molecule has 4 aromatic rings. The number of amides is 1. The summed E-state index contributed by atoms with van der Waals surface area (Å²) in [5, 5.41) is 8.64. The van der Waals surface area contributed by atoms with Crippen molar-refractivity contribution < 1.29 is 18.3 Å². The van der Waals surface area contributed by atoms with E-state index in [1.54, 1.807) is 12.4 Å². The van der Waals surface area contributed by atoms with Crippen LogP contribution in [0.3, 0.4) is 0 Å². The Hall–Kier alpha value is -4.09. The Kier molecular flexibility index (Phi) is 7.80. The molecule has 0 aliphatic carbocycles. The van der Waals surface area contributed by atoms with Crippen molar-refractivity contribution in [2.75, 3.05) is 55.5 Å². The topological polar surface area (TPSA) is 87.5 Å². The number of aromatic nitrogens is 3. The fraction of sp³-hybridized carbons (Fsp3) is 0.367. The average molecular weight is 562 g/mol. The third-order valence-electron chi connectivity index (χ3n) is 7.64. The Morgan fingerprint density at radius 3 is 2.59 bits per heavy atom. The highest BCUT2D eigenvalue weighted by atomic mass is 19.1. The molecule has 9 nitrogen and oxygen atoms in total. The van der Waals surface area contributed by atoms with E-state index in [0.717, 1.165) is 68.1 Å². The maximum absolute atomic E-state index is 13.7. The first-order chi connectivity index (χ1) is 19.9. The van der Waals surface area contributed by atoms with Gasteiger partial charge in [-0.2, -0.15) is 9.89 Å². The molecule has 4 heterocycles. The van der Waals surface area contributed by atoms with Crippen LogP contribution in [-0.2, 0) is 11.2 Å². The summed E-state index contributed by atoms with van der Waals surface area (Å²) in [6.45, 7) is 4.22. The van der Waals surface area contributed by atoms with Gasteiger partial charge in [-0.15, -0.1) is 0 Å². The number of likely N-dealkylation sites (N-methyl/N-ethyl adjacent to an activating group) is 1. The first kappa shape index (κ1) is 27.1. The van der Waals surface area contributed by atoms with Gasteiger partial charge in [-0.1, -0.05) is 6.07 Å². The predicted molar refractivity (Wildman–Crippen MR) is 154 cm³/mol. The number of carbonyl (C=O) groups is 1. The number of pyridine rings is 1. The molecule has 1 amide bonds. The number of ether oxygens (including phenoxy) is 1. The molecule has 214 valence electrons. The summed E-state index contributed by atoms with van der Waals surface area (Å²) in [6.07, 6.45) is 6.42. The van der Waals surface area contributed by atoms with Crippen LogP contribution in [0.4, 0.5) is 20.2 Å². The van der Waals surface area contributed by atoms with Gasteiger partial charge in [0.05, 0.1) is 23.1 Å². The second kappa shape index (κ2) is 11.8. The lowest BCUT2D eigenvalue weighted by Gasteiger charge is -2.36. The van der Waals surface area contributed by atoms with E-state index in [1.807, 2.05) is 24.3 Å². The molecule has 1 unspecified atom stereocenters. The third-order valence-corrected chi connectivity index (χ3v) is 7.64. The van der Waals surface area contributed by atoms with E-state index in [4.69, 9.17) is 4.74 Å². The first-order valence-electron chi connectivity index (χ1n) is 14.0. The molecule has 0 spiro atoms. The van der Waals surface area contributed by atoms with Crippen molar-refractivity contribution in [3.05, 3.63) is 83.3 Å². The maximum Gasteiger partial charge on any atom is 0.292 e. The summed E-state index contributed by atoms with van der Waals surface area (Å²) in [5.74, 6) is -1.61. The molecule has 2 fully saturated rings. The predicted octanol–water partition coefficient (Wildman–Crippen LogP) is 4.37. The molecule has 2 aliphatic rings. The van der Waals surface area contributed by atoms with Crippen LogP contribution in [-0.4, -0.2) is 71.7 Å². The van der Waals surface area contributed by atoms with Gasteiger partial charge < -0.3 is 19.9 Å². The molecule has 2 aromatic carbocycles. The molecule has 1 atom stereocenters.